The van der Waals surface area contributed by atoms with Gasteiger partial charge in [0.2, 0.25) is 5.82 Å². The SMILES string of the molecule is Cc1nc(C(=O)NC(Cc2ccccc2)c2ccccc2)nn1-c1ccccc1. The molecule has 1 unspecified atom stereocenters. The van der Waals surface area contributed by atoms with Gasteiger partial charge >= 0.3 is 0 Å². The van der Waals surface area contributed by atoms with Crippen LogP contribution in [0.2, 0.25) is 0 Å². The van der Waals surface area contributed by atoms with Crippen molar-refractivity contribution in [2.45, 2.75) is 19.4 Å². The lowest BCUT2D eigenvalue weighted by Crippen LogP contribution is -2.31. The van der Waals surface area contributed by atoms with Crippen molar-refractivity contribution < 1.29 is 4.79 Å². The van der Waals surface area contributed by atoms with E-state index in [1.165, 1.54) is 0 Å². The first-order valence-electron chi connectivity index (χ1n) is 9.59. The number of carbonyl (C=O) groups excluding carboxylic acids is 1. The third-order valence-corrected chi connectivity index (χ3v) is 4.76. The lowest BCUT2D eigenvalue weighted by molar-refractivity contribution is 0.0926. The van der Waals surface area contributed by atoms with Crippen molar-refractivity contribution in [1.82, 2.24) is 20.1 Å². The summed E-state index contributed by atoms with van der Waals surface area (Å²) in [5.41, 5.74) is 3.07. The van der Waals surface area contributed by atoms with Crippen molar-refractivity contribution in [3.05, 3.63) is 114 Å². The number of aromatic nitrogens is 3. The number of carbonyl (C=O) groups is 1. The number of nitrogens with zero attached hydrogens (tertiary/aromatic N) is 3. The van der Waals surface area contributed by atoms with Crippen LogP contribution in [0.25, 0.3) is 5.69 Å². The number of rotatable bonds is 6. The summed E-state index contributed by atoms with van der Waals surface area (Å²) in [4.78, 5) is 17.3. The Labute approximate surface area is 170 Å². The smallest absolute Gasteiger partial charge is 0.291 e. The molecule has 0 saturated carbocycles. The Morgan fingerprint density at radius 3 is 2.14 bits per heavy atom. The molecule has 1 aromatic heterocycles. The quantitative estimate of drug-likeness (QED) is 0.541. The molecule has 1 heterocycles. The topological polar surface area (TPSA) is 59.8 Å². The second-order valence-electron chi connectivity index (χ2n) is 6.86. The first-order chi connectivity index (χ1) is 14.2. The number of aryl methyl sites for hydroxylation is 1. The zero-order chi connectivity index (χ0) is 20.1. The molecule has 0 radical (unpaired) electrons. The molecular weight excluding hydrogens is 360 g/mol. The number of para-hydroxylation sites is 1. The highest BCUT2D eigenvalue weighted by atomic mass is 16.2. The Balaban J connectivity index is 1.58. The van der Waals surface area contributed by atoms with E-state index in [1.54, 1.807) is 4.68 Å². The molecule has 1 amide bonds. The van der Waals surface area contributed by atoms with Gasteiger partial charge in [-0.3, -0.25) is 4.79 Å². The number of hydrogen-bond acceptors (Lipinski definition) is 3. The number of nitrogens with one attached hydrogen (secondary N) is 1. The lowest BCUT2D eigenvalue weighted by Gasteiger charge is -2.18. The molecule has 5 nitrogen and oxygen atoms in total. The van der Waals surface area contributed by atoms with Gasteiger partial charge < -0.3 is 5.32 Å². The molecule has 0 fully saturated rings. The van der Waals surface area contributed by atoms with Crippen LogP contribution in [-0.2, 0) is 6.42 Å². The van der Waals surface area contributed by atoms with Gasteiger partial charge in [-0.2, -0.15) is 0 Å². The molecule has 0 aliphatic rings. The van der Waals surface area contributed by atoms with Crippen molar-refractivity contribution in [3.63, 3.8) is 0 Å². The number of amides is 1. The average Bonchev–Trinajstić information content (AvgIpc) is 3.17. The maximum atomic E-state index is 13.0. The summed E-state index contributed by atoms with van der Waals surface area (Å²) in [6.07, 6.45) is 0.689. The summed E-state index contributed by atoms with van der Waals surface area (Å²) >= 11 is 0. The summed E-state index contributed by atoms with van der Waals surface area (Å²) in [5, 5.41) is 7.54. The first-order valence-corrected chi connectivity index (χ1v) is 9.59. The fourth-order valence-corrected chi connectivity index (χ4v) is 3.31. The maximum absolute atomic E-state index is 13.0. The van der Waals surface area contributed by atoms with Crippen LogP contribution in [0.3, 0.4) is 0 Å². The minimum Gasteiger partial charge on any atom is -0.342 e. The highest BCUT2D eigenvalue weighted by molar-refractivity contribution is 5.90. The van der Waals surface area contributed by atoms with Gasteiger partial charge in [-0.15, -0.1) is 5.10 Å². The molecule has 4 rings (SSSR count). The molecule has 0 bridgehead atoms. The normalized spacial score (nSPS) is 11.8. The molecule has 4 aromatic rings. The fourth-order valence-electron chi connectivity index (χ4n) is 3.31. The van der Waals surface area contributed by atoms with E-state index in [4.69, 9.17) is 0 Å². The molecule has 5 heteroatoms. The van der Waals surface area contributed by atoms with Crippen molar-refractivity contribution in [1.29, 1.82) is 0 Å². The van der Waals surface area contributed by atoms with Crippen LogP contribution in [0.15, 0.2) is 91.0 Å². The van der Waals surface area contributed by atoms with Crippen molar-refractivity contribution >= 4 is 5.91 Å². The number of hydrogen-bond donors (Lipinski definition) is 1. The minimum absolute atomic E-state index is 0.167. The number of benzene rings is 3. The van der Waals surface area contributed by atoms with Crippen LogP contribution in [0.4, 0.5) is 0 Å². The van der Waals surface area contributed by atoms with Gasteiger partial charge in [0.05, 0.1) is 11.7 Å². The largest absolute Gasteiger partial charge is 0.342 e. The van der Waals surface area contributed by atoms with Crippen LogP contribution >= 0.6 is 0 Å². The van der Waals surface area contributed by atoms with Gasteiger partial charge in [0.25, 0.3) is 5.91 Å². The summed E-state index contributed by atoms with van der Waals surface area (Å²) in [6, 6.07) is 29.6. The Morgan fingerprint density at radius 2 is 1.48 bits per heavy atom. The molecular formula is C24H22N4O. The molecule has 1 atom stereocenters. The Morgan fingerprint density at radius 1 is 0.897 bits per heavy atom. The predicted molar refractivity (Wildman–Crippen MR) is 113 cm³/mol. The van der Waals surface area contributed by atoms with E-state index in [0.29, 0.717) is 12.2 Å². The van der Waals surface area contributed by atoms with Crippen molar-refractivity contribution in [2.75, 3.05) is 0 Å². The van der Waals surface area contributed by atoms with Gasteiger partial charge in [0.1, 0.15) is 5.82 Å². The van der Waals surface area contributed by atoms with Crippen molar-refractivity contribution in [2.24, 2.45) is 0 Å². The summed E-state index contributed by atoms with van der Waals surface area (Å²) in [7, 11) is 0. The maximum Gasteiger partial charge on any atom is 0.291 e. The highest BCUT2D eigenvalue weighted by Crippen LogP contribution is 2.19. The van der Waals surface area contributed by atoms with E-state index in [1.807, 2.05) is 85.8 Å². The Hall–Kier alpha value is -3.73. The van der Waals surface area contributed by atoms with Crippen LogP contribution in [0, 0.1) is 6.92 Å². The zero-order valence-electron chi connectivity index (χ0n) is 16.2. The highest BCUT2D eigenvalue weighted by Gasteiger charge is 2.20. The van der Waals surface area contributed by atoms with E-state index in [-0.39, 0.29) is 17.8 Å². The van der Waals surface area contributed by atoms with E-state index in [9.17, 15) is 4.79 Å². The van der Waals surface area contributed by atoms with E-state index in [0.717, 1.165) is 16.8 Å². The monoisotopic (exact) mass is 382 g/mol. The van der Waals surface area contributed by atoms with Crippen LogP contribution < -0.4 is 5.32 Å². The Bertz CT molecular complexity index is 1080. The van der Waals surface area contributed by atoms with Crippen LogP contribution in [0.1, 0.15) is 33.6 Å². The summed E-state index contributed by atoms with van der Waals surface area (Å²) in [5.74, 6) is 0.550. The minimum atomic E-state index is -0.285. The molecule has 0 aliphatic carbocycles. The molecule has 1 N–H and O–H groups in total. The molecule has 3 aromatic carbocycles. The van der Waals surface area contributed by atoms with E-state index < -0.39 is 0 Å². The molecule has 0 spiro atoms. The van der Waals surface area contributed by atoms with Crippen molar-refractivity contribution in [3.8, 4) is 5.69 Å². The van der Waals surface area contributed by atoms with Gasteiger partial charge in [-0.1, -0.05) is 78.9 Å². The first kappa shape index (κ1) is 18.6. The standard InChI is InChI=1S/C24H22N4O/c1-18-25-23(27-28(18)21-15-9-4-10-16-21)24(29)26-22(20-13-7-3-8-14-20)17-19-11-5-2-6-12-19/h2-16,22H,17H2,1H3,(H,26,29). The fraction of sp³-hybridized carbons (Fsp3) is 0.125. The van der Waals surface area contributed by atoms with Gasteiger partial charge in [0.15, 0.2) is 0 Å². The van der Waals surface area contributed by atoms with Crippen LogP contribution in [-0.4, -0.2) is 20.7 Å². The van der Waals surface area contributed by atoms with Gasteiger partial charge in [-0.05, 0) is 36.6 Å². The second-order valence-corrected chi connectivity index (χ2v) is 6.86. The molecule has 144 valence electrons. The van der Waals surface area contributed by atoms with E-state index >= 15 is 0 Å². The Kier molecular flexibility index (Phi) is 5.47. The average molecular weight is 382 g/mol. The summed E-state index contributed by atoms with van der Waals surface area (Å²) < 4.78 is 1.68. The third-order valence-electron chi connectivity index (χ3n) is 4.76. The van der Waals surface area contributed by atoms with Gasteiger partial charge in [0, 0.05) is 0 Å². The van der Waals surface area contributed by atoms with Crippen LogP contribution in [0.5, 0.6) is 0 Å². The predicted octanol–water partition coefficient (Wildman–Crippen LogP) is 4.29. The second kappa shape index (κ2) is 8.52. The van der Waals surface area contributed by atoms with E-state index in [2.05, 4.69) is 27.5 Å². The lowest BCUT2D eigenvalue weighted by atomic mass is 9.99. The summed E-state index contributed by atoms with van der Waals surface area (Å²) in [6.45, 7) is 1.84. The third kappa shape index (κ3) is 4.41. The van der Waals surface area contributed by atoms with Gasteiger partial charge in [-0.25, -0.2) is 9.67 Å². The molecule has 0 aliphatic heterocycles. The zero-order valence-corrected chi connectivity index (χ0v) is 16.2. The molecule has 29 heavy (non-hydrogen) atoms. The molecule has 0 saturated heterocycles.